The molecule has 0 aliphatic heterocycles. The summed E-state index contributed by atoms with van der Waals surface area (Å²) in [5.74, 6) is 2.29. The van der Waals surface area contributed by atoms with E-state index in [9.17, 15) is 5.11 Å². The fourth-order valence-corrected chi connectivity index (χ4v) is 3.75. The van der Waals surface area contributed by atoms with E-state index in [1.165, 1.54) is 0 Å². The maximum Gasteiger partial charge on any atom is 0.227 e. The highest BCUT2D eigenvalue weighted by Crippen LogP contribution is 2.23. The third kappa shape index (κ3) is 3.75. The normalized spacial score (nSPS) is 11.1. The second-order valence-electron chi connectivity index (χ2n) is 5.33. The molecular formula is C16H14N6O2S2. The Morgan fingerprint density at radius 3 is 2.88 bits per heavy atom. The third-order valence-corrected chi connectivity index (χ3v) is 5.38. The molecule has 3 heterocycles. The van der Waals surface area contributed by atoms with Crippen LogP contribution in [0, 0.1) is 0 Å². The number of phenols is 1. The predicted molar refractivity (Wildman–Crippen MR) is 97.5 cm³/mol. The molecule has 0 spiro atoms. The number of thioether (sulfide) groups is 1. The van der Waals surface area contributed by atoms with E-state index < -0.39 is 0 Å². The van der Waals surface area contributed by atoms with Crippen LogP contribution in [0.3, 0.4) is 0 Å². The minimum Gasteiger partial charge on any atom is -0.508 e. The van der Waals surface area contributed by atoms with E-state index in [4.69, 9.17) is 4.52 Å². The third-order valence-electron chi connectivity index (χ3n) is 3.51. The Bertz CT molecular complexity index is 965. The first kappa shape index (κ1) is 16.7. The Labute approximate surface area is 156 Å². The largest absolute Gasteiger partial charge is 0.508 e. The number of aromatic nitrogens is 6. The molecule has 0 fully saturated rings. The number of nitrogens with zero attached hydrogens (tertiary/aromatic N) is 6. The molecule has 4 rings (SSSR count). The summed E-state index contributed by atoms with van der Waals surface area (Å²) in [5, 5.41) is 27.8. The van der Waals surface area contributed by atoms with Gasteiger partial charge in [0.25, 0.3) is 0 Å². The molecule has 0 saturated heterocycles. The van der Waals surface area contributed by atoms with Crippen LogP contribution in [-0.2, 0) is 6.42 Å². The van der Waals surface area contributed by atoms with Crippen LogP contribution in [-0.4, -0.2) is 41.2 Å². The molecule has 0 bridgehead atoms. The van der Waals surface area contributed by atoms with Gasteiger partial charge in [0.2, 0.25) is 16.9 Å². The molecule has 0 amide bonds. The Morgan fingerprint density at radius 2 is 2.08 bits per heavy atom. The van der Waals surface area contributed by atoms with Crippen LogP contribution in [0.15, 0.2) is 51.5 Å². The van der Waals surface area contributed by atoms with Gasteiger partial charge in [0, 0.05) is 12.2 Å². The maximum absolute atomic E-state index is 9.38. The minimum absolute atomic E-state index is 0.206. The number of tetrazole rings is 1. The van der Waals surface area contributed by atoms with Gasteiger partial charge >= 0.3 is 0 Å². The number of benzene rings is 1. The van der Waals surface area contributed by atoms with Crippen LogP contribution in [0.4, 0.5) is 0 Å². The topological polar surface area (TPSA) is 103 Å². The molecule has 8 nitrogen and oxygen atoms in total. The molecule has 0 unspecified atom stereocenters. The average molecular weight is 386 g/mol. The van der Waals surface area contributed by atoms with Crippen molar-refractivity contribution < 1.29 is 9.63 Å². The number of thiophene rings is 1. The van der Waals surface area contributed by atoms with Crippen molar-refractivity contribution in [3.8, 4) is 22.1 Å². The summed E-state index contributed by atoms with van der Waals surface area (Å²) in [6, 6.07) is 10.7. The Balaban J connectivity index is 1.32. The van der Waals surface area contributed by atoms with Crippen LogP contribution in [0.1, 0.15) is 12.3 Å². The quantitative estimate of drug-likeness (QED) is 0.381. The molecule has 0 aliphatic carbocycles. The first-order valence-corrected chi connectivity index (χ1v) is 9.73. The molecule has 0 atom stereocenters. The van der Waals surface area contributed by atoms with Crippen molar-refractivity contribution in [3.05, 3.63) is 47.7 Å². The summed E-state index contributed by atoms with van der Waals surface area (Å²) in [7, 11) is 0. The van der Waals surface area contributed by atoms with Crippen molar-refractivity contribution in [2.45, 2.75) is 18.0 Å². The lowest BCUT2D eigenvalue weighted by molar-refractivity contribution is 0.378. The molecule has 132 valence electrons. The van der Waals surface area contributed by atoms with E-state index in [-0.39, 0.29) is 5.75 Å². The molecule has 10 heteroatoms. The second kappa shape index (κ2) is 7.67. The standard InChI is InChI=1S/C16H14N6O2S2/c23-12-7-5-11(6-8-12)22-16(18-20-21-22)26-10-2-4-14-17-15(19-24-14)13-3-1-9-25-13/h1,3,5-9,23H,2,4,10H2. The van der Waals surface area contributed by atoms with E-state index in [0.717, 1.165) is 22.7 Å². The van der Waals surface area contributed by atoms with Gasteiger partial charge in [-0.15, -0.1) is 16.4 Å². The molecule has 3 aromatic heterocycles. The highest BCUT2D eigenvalue weighted by atomic mass is 32.2. The van der Waals surface area contributed by atoms with Gasteiger partial charge in [-0.05, 0) is 52.6 Å². The molecule has 1 aromatic carbocycles. The van der Waals surface area contributed by atoms with Gasteiger partial charge in [0.15, 0.2) is 0 Å². The number of aromatic hydroxyl groups is 1. The molecule has 1 N–H and O–H groups in total. The molecule has 0 radical (unpaired) electrons. The highest BCUT2D eigenvalue weighted by molar-refractivity contribution is 7.99. The van der Waals surface area contributed by atoms with Gasteiger partial charge in [0.05, 0.1) is 10.6 Å². The molecule has 0 aliphatic rings. The summed E-state index contributed by atoms with van der Waals surface area (Å²) in [6.45, 7) is 0. The summed E-state index contributed by atoms with van der Waals surface area (Å²) < 4.78 is 6.94. The average Bonchev–Trinajstić information content (AvgIpc) is 3.40. The zero-order chi connectivity index (χ0) is 17.8. The summed E-state index contributed by atoms with van der Waals surface area (Å²) >= 11 is 3.14. The number of rotatable bonds is 7. The van der Waals surface area contributed by atoms with Crippen molar-refractivity contribution in [2.24, 2.45) is 0 Å². The van der Waals surface area contributed by atoms with Crippen LogP contribution in [0.2, 0.25) is 0 Å². The fraction of sp³-hybridized carbons (Fsp3) is 0.188. The minimum atomic E-state index is 0.206. The van der Waals surface area contributed by atoms with Gasteiger partial charge in [-0.25, -0.2) is 0 Å². The van der Waals surface area contributed by atoms with Crippen LogP contribution in [0.25, 0.3) is 16.4 Å². The lowest BCUT2D eigenvalue weighted by atomic mass is 10.3. The monoisotopic (exact) mass is 386 g/mol. The summed E-state index contributed by atoms with van der Waals surface area (Å²) in [6.07, 6.45) is 1.56. The van der Waals surface area contributed by atoms with E-state index in [0.29, 0.717) is 23.3 Å². The highest BCUT2D eigenvalue weighted by Gasteiger charge is 2.11. The van der Waals surface area contributed by atoms with Gasteiger partial charge in [-0.1, -0.05) is 23.0 Å². The van der Waals surface area contributed by atoms with Crippen LogP contribution < -0.4 is 0 Å². The number of hydrogen-bond acceptors (Lipinski definition) is 9. The zero-order valence-corrected chi connectivity index (χ0v) is 15.2. The van der Waals surface area contributed by atoms with Crippen molar-refractivity contribution in [2.75, 3.05) is 5.75 Å². The maximum atomic E-state index is 9.38. The molecule has 4 aromatic rings. The van der Waals surface area contributed by atoms with Gasteiger partial charge in [-0.3, -0.25) is 0 Å². The van der Waals surface area contributed by atoms with Crippen molar-refractivity contribution >= 4 is 23.1 Å². The van der Waals surface area contributed by atoms with E-state index in [1.807, 2.05) is 17.5 Å². The lowest BCUT2D eigenvalue weighted by Gasteiger charge is -2.03. The summed E-state index contributed by atoms with van der Waals surface area (Å²) in [4.78, 5) is 5.42. The van der Waals surface area contributed by atoms with E-state index in [2.05, 4.69) is 25.7 Å². The number of phenolic OH excluding ortho intramolecular Hbond substituents is 1. The summed E-state index contributed by atoms with van der Waals surface area (Å²) in [5.41, 5.74) is 0.799. The van der Waals surface area contributed by atoms with Crippen LogP contribution >= 0.6 is 23.1 Å². The smallest absolute Gasteiger partial charge is 0.227 e. The van der Waals surface area contributed by atoms with Gasteiger partial charge < -0.3 is 9.63 Å². The van der Waals surface area contributed by atoms with Crippen LogP contribution in [0.5, 0.6) is 5.75 Å². The van der Waals surface area contributed by atoms with Gasteiger partial charge in [0.1, 0.15) is 5.75 Å². The number of hydrogen-bond donors (Lipinski definition) is 1. The van der Waals surface area contributed by atoms with Crippen molar-refractivity contribution in [1.82, 2.24) is 30.3 Å². The predicted octanol–water partition coefficient (Wildman–Crippen LogP) is 3.20. The Morgan fingerprint density at radius 1 is 1.19 bits per heavy atom. The van der Waals surface area contributed by atoms with Crippen molar-refractivity contribution in [3.63, 3.8) is 0 Å². The molecule has 26 heavy (non-hydrogen) atoms. The van der Waals surface area contributed by atoms with E-state index >= 15 is 0 Å². The molecular weight excluding hydrogens is 372 g/mol. The first-order valence-electron chi connectivity index (χ1n) is 7.86. The fourth-order valence-electron chi connectivity index (χ4n) is 2.27. The second-order valence-corrected chi connectivity index (χ2v) is 7.34. The number of aryl methyl sites for hydroxylation is 1. The van der Waals surface area contributed by atoms with Crippen molar-refractivity contribution in [1.29, 1.82) is 0 Å². The van der Waals surface area contributed by atoms with Gasteiger partial charge in [-0.2, -0.15) is 9.67 Å². The lowest BCUT2D eigenvalue weighted by Crippen LogP contribution is -1.99. The van der Waals surface area contributed by atoms with E-state index in [1.54, 1.807) is 52.0 Å². The SMILES string of the molecule is Oc1ccc(-n2nnnc2SCCCc2nc(-c3cccs3)no2)cc1. The Kier molecular flexibility index (Phi) is 4.93. The molecule has 0 saturated carbocycles. The first-order chi connectivity index (χ1) is 12.8. The Hall–Kier alpha value is -2.72. The zero-order valence-electron chi connectivity index (χ0n) is 13.5.